The first-order valence-corrected chi connectivity index (χ1v) is 14.3. The lowest BCUT2D eigenvalue weighted by Crippen LogP contribution is -2.55. The van der Waals surface area contributed by atoms with Crippen LogP contribution in [-0.2, 0) is 4.79 Å². The van der Waals surface area contributed by atoms with Gasteiger partial charge in [0.2, 0.25) is 5.91 Å². The molecule has 6 nitrogen and oxygen atoms in total. The van der Waals surface area contributed by atoms with Crippen LogP contribution in [0.2, 0.25) is 5.02 Å². The van der Waals surface area contributed by atoms with Gasteiger partial charge < -0.3 is 19.8 Å². The molecule has 202 valence electrons. The highest BCUT2D eigenvalue weighted by Crippen LogP contribution is 2.46. The fraction of sp³-hybridized carbons (Fsp3) is 0.375. The summed E-state index contributed by atoms with van der Waals surface area (Å²) in [5.41, 5.74) is 3.48. The molecule has 1 N–H and O–H groups in total. The van der Waals surface area contributed by atoms with Gasteiger partial charge in [0.1, 0.15) is 0 Å². The number of aliphatic hydroxyl groups is 1. The van der Waals surface area contributed by atoms with E-state index >= 15 is 0 Å². The maximum absolute atomic E-state index is 14.5. The van der Waals surface area contributed by atoms with Gasteiger partial charge in [0, 0.05) is 48.5 Å². The van der Waals surface area contributed by atoms with E-state index in [2.05, 4.69) is 17.0 Å². The quantitative estimate of drug-likeness (QED) is 0.487. The number of fused-ring (bicyclic) bond motifs is 1. The Morgan fingerprint density at radius 2 is 1.44 bits per heavy atom. The smallest absolute Gasteiger partial charge is 0.254 e. The van der Waals surface area contributed by atoms with Crippen LogP contribution in [-0.4, -0.2) is 65.0 Å². The predicted octanol–water partition coefficient (Wildman–Crippen LogP) is 5.27. The molecule has 0 radical (unpaired) electrons. The van der Waals surface area contributed by atoms with Crippen LogP contribution in [0.25, 0.3) is 0 Å². The molecule has 39 heavy (non-hydrogen) atoms. The lowest BCUT2D eigenvalue weighted by molar-refractivity contribution is -0.135. The van der Waals surface area contributed by atoms with Crippen LogP contribution in [0.3, 0.4) is 0 Å². The van der Waals surface area contributed by atoms with Crippen molar-refractivity contribution in [2.45, 2.75) is 49.8 Å². The summed E-state index contributed by atoms with van der Waals surface area (Å²) in [5.74, 6) is -0.497. The number of para-hydroxylation sites is 1. The maximum atomic E-state index is 14.5. The van der Waals surface area contributed by atoms with Crippen LogP contribution < -0.4 is 4.90 Å². The molecule has 2 atom stereocenters. The van der Waals surface area contributed by atoms with Crippen molar-refractivity contribution in [1.82, 2.24) is 9.80 Å². The van der Waals surface area contributed by atoms with Crippen LogP contribution in [0.4, 0.5) is 5.69 Å². The normalized spacial score (nSPS) is 25.4. The molecular formula is C32H34ClN3O3. The molecule has 7 heteroatoms. The highest BCUT2D eigenvalue weighted by molar-refractivity contribution is 6.30. The second-order valence-corrected chi connectivity index (χ2v) is 11.3. The first kappa shape index (κ1) is 25.9. The molecule has 3 aliphatic rings. The maximum Gasteiger partial charge on any atom is 0.254 e. The predicted molar refractivity (Wildman–Crippen MR) is 153 cm³/mol. The summed E-state index contributed by atoms with van der Waals surface area (Å²) in [6.45, 7) is 2.78. The third kappa shape index (κ3) is 5.04. The minimum absolute atomic E-state index is 0.0371. The Morgan fingerprint density at radius 3 is 2.13 bits per heavy atom. The number of hydrogen-bond donors (Lipinski definition) is 1. The lowest BCUT2D eigenvalue weighted by Gasteiger charge is -2.48. The van der Waals surface area contributed by atoms with E-state index in [1.54, 1.807) is 0 Å². The monoisotopic (exact) mass is 543 g/mol. The van der Waals surface area contributed by atoms with Gasteiger partial charge in [-0.05, 0) is 67.1 Å². The second-order valence-electron chi connectivity index (χ2n) is 10.9. The number of halogens is 1. The van der Waals surface area contributed by atoms with Crippen molar-refractivity contribution < 1.29 is 14.7 Å². The van der Waals surface area contributed by atoms with Gasteiger partial charge in [-0.2, -0.15) is 0 Å². The molecule has 3 aromatic carbocycles. The van der Waals surface area contributed by atoms with Crippen molar-refractivity contribution in [2.75, 3.05) is 31.1 Å². The van der Waals surface area contributed by atoms with Gasteiger partial charge in [-0.25, -0.2) is 0 Å². The van der Waals surface area contributed by atoms with E-state index in [4.69, 9.17) is 11.6 Å². The zero-order chi connectivity index (χ0) is 26.9. The Hall–Kier alpha value is -3.35. The highest BCUT2D eigenvalue weighted by atomic mass is 35.5. The molecular weight excluding hydrogens is 510 g/mol. The topological polar surface area (TPSA) is 64.1 Å². The Morgan fingerprint density at radius 1 is 0.795 bits per heavy atom. The van der Waals surface area contributed by atoms with E-state index in [-0.39, 0.29) is 24.0 Å². The van der Waals surface area contributed by atoms with E-state index in [1.807, 2.05) is 76.5 Å². The molecule has 1 aliphatic carbocycles. The number of rotatable bonds is 4. The van der Waals surface area contributed by atoms with Gasteiger partial charge >= 0.3 is 0 Å². The van der Waals surface area contributed by atoms with Gasteiger partial charge in [0.25, 0.3) is 5.91 Å². The number of carbonyl (C=O) groups excluding carboxylic acids is 2. The van der Waals surface area contributed by atoms with Gasteiger partial charge in [0.15, 0.2) is 0 Å². The van der Waals surface area contributed by atoms with Crippen LogP contribution in [0.5, 0.6) is 0 Å². The summed E-state index contributed by atoms with van der Waals surface area (Å²) >= 11 is 6.26. The third-order valence-electron chi connectivity index (χ3n) is 8.63. The Labute approximate surface area is 234 Å². The summed E-state index contributed by atoms with van der Waals surface area (Å²) in [7, 11) is 0. The van der Waals surface area contributed by atoms with Crippen molar-refractivity contribution >= 4 is 29.1 Å². The van der Waals surface area contributed by atoms with E-state index < -0.39 is 12.0 Å². The van der Waals surface area contributed by atoms with E-state index in [0.717, 1.165) is 37.1 Å². The summed E-state index contributed by atoms with van der Waals surface area (Å²) in [5, 5.41) is 10.8. The van der Waals surface area contributed by atoms with Crippen LogP contribution in [0.15, 0.2) is 78.9 Å². The molecule has 0 aromatic heterocycles. The Kier molecular flexibility index (Phi) is 7.32. The number of hydrogen-bond acceptors (Lipinski definition) is 4. The molecule has 6 rings (SSSR count). The van der Waals surface area contributed by atoms with Crippen molar-refractivity contribution in [2.24, 2.45) is 0 Å². The average molecular weight is 544 g/mol. The summed E-state index contributed by atoms with van der Waals surface area (Å²) in [4.78, 5) is 34.8. The van der Waals surface area contributed by atoms with Crippen molar-refractivity contribution in [3.63, 3.8) is 0 Å². The number of piperazine rings is 1. The molecule has 1 saturated carbocycles. The first-order chi connectivity index (χ1) is 19.0. The Bertz CT molecular complexity index is 1320. The molecule has 3 aromatic rings. The molecule has 2 heterocycles. The molecule has 0 bridgehead atoms. The van der Waals surface area contributed by atoms with Crippen molar-refractivity contribution in [3.8, 4) is 0 Å². The molecule has 1 saturated heterocycles. The molecule has 0 unspecified atom stereocenters. The second kappa shape index (κ2) is 11.0. The van der Waals surface area contributed by atoms with Crippen LogP contribution in [0, 0.1) is 0 Å². The summed E-state index contributed by atoms with van der Waals surface area (Å²) < 4.78 is 0. The lowest BCUT2D eigenvalue weighted by atomic mass is 9.76. The van der Waals surface area contributed by atoms with Gasteiger partial charge in [-0.15, -0.1) is 0 Å². The number of nitrogens with zero attached hydrogens (tertiary/aromatic N) is 3. The van der Waals surface area contributed by atoms with E-state index in [0.29, 0.717) is 36.5 Å². The molecule has 2 aliphatic heterocycles. The van der Waals surface area contributed by atoms with E-state index in [1.165, 1.54) is 5.69 Å². The standard InChI is InChI=1S/C32H34ClN3O3/c33-23-12-10-22(11-13-23)30-29(32(39)35-20-18-34(19-21-35)24-6-2-1-3-7-24)27-8-4-5-9-28(27)31(38)36(30)25-14-16-26(37)17-15-25/h1-13,25-26,29-30,37H,14-21H2/t25-,26-,29-,30+/m1/s1. The third-order valence-corrected chi connectivity index (χ3v) is 8.88. The number of aliphatic hydroxyl groups excluding tert-OH is 1. The number of carbonyl (C=O) groups is 2. The zero-order valence-electron chi connectivity index (χ0n) is 22.0. The largest absolute Gasteiger partial charge is 0.393 e. The minimum Gasteiger partial charge on any atom is -0.393 e. The SMILES string of the molecule is O=C([C@@H]1c2ccccc2C(=O)N([C@H]2CC[C@H](O)CC2)[C@H]1c1ccc(Cl)cc1)N1CCN(c2ccccc2)CC1. The summed E-state index contributed by atoms with van der Waals surface area (Å²) in [6.07, 6.45) is 2.42. The average Bonchev–Trinajstić information content (AvgIpc) is 2.98. The zero-order valence-corrected chi connectivity index (χ0v) is 22.7. The van der Waals surface area contributed by atoms with Gasteiger partial charge in [-0.3, -0.25) is 9.59 Å². The molecule has 2 amide bonds. The number of amides is 2. The first-order valence-electron chi connectivity index (χ1n) is 13.9. The Balaban J connectivity index is 1.37. The molecule has 0 spiro atoms. The van der Waals surface area contributed by atoms with E-state index in [9.17, 15) is 14.7 Å². The highest BCUT2D eigenvalue weighted by Gasteiger charge is 2.48. The number of benzene rings is 3. The molecule has 2 fully saturated rings. The summed E-state index contributed by atoms with van der Waals surface area (Å²) in [6, 6.07) is 25.0. The fourth-order valence-electron chi connectivity index (χ4n) is 6.59. The minimum atomic E-state index is -0.518. The van der Waals surface area contributed by atoms with Crippen molar-refractivity contribution in [1.29, 1.82) is 0 Å². The van der Waals surface area contributed by atoms with Crippen molar-refractivity contribution in [3.05, 3.63) is 101 Å². The fourth-order valence-corrected chi connectivity index (χ4v) is 6.72. The number of anilines is 1. The van der Waals surface area contributed by atoms with Gasteiger partial charge in [-0.1, -0.05) is 60.1 Å². The van der Waals surface area contributed by atoms with Crippen LogP contribution in [0.1, 0.15) is 59.1 Å². The van der Waals surface area contributed by atoms with Crippen LogP contribution >= 0.6 is 11.6 Å². The van der Waals surface area contributed by atoms with Gasteiger partial charge in [0.05, 0.1) is 18.1 Å².